The van der Waals surface area contributed by atoms with Crippen LogP contribution in [0.2, 0.25) is 5.02 Å². The molecule has 26 heavy (non-hydrogen) atoms. The number of carbonyl (C=O) groups is 1. The molecule has 0 unspecified atom stereocenters. The Balaban J connectivity index is 1.97. The second-order valence-electron chi connectivity index (χ2n) is 6.99. The van der Waals surface area contributed by atoms with E-state index in [-0.39, 0.29) is 11.1 Å². The zero-order valence-electron chi connectivity index (χ0n) is 15.0. The average molecular weight is 373 g/mol. The van der Waals surface area contributed by atoms with Crippen LogP contribution >= 0.6 is 11.6 Å². The maximum absolute atomic E-state index is 11.6. The number of hydrogen-bond donors (Lipinski definition) is 1. The van der Waals surface area contributed by atoms with E-state index in [9.17, 15) is 9.90 Å². The van der Waals surface area contributed by atoms with Gasteiger partial charge in [0.15, 0.2) is 0 Å². The predicted molar refractivity (Wildman–Crippen MR) is 102 cm³/mol. The summed E-state index contributed by atoms with van der Waals surface area (Å²) in [6.45, 7) is 5.31. The van der Waals surface area contributed by atoms with Crippen LogP contribution in [0.4, 0.5) is 0 Å². The number of rotatable bonds is 6. The van der Waals surface area contributed by atoms with Crippen molar-refractivity contribution in [2.24, 2.45) is 0 Å². The number of aromatic nitrogens is 2. The van der Waals surface area contributed by atoms with E-state index in [4.69, 9.17) is 16.3 Å². The lowest BCUT2D eigenvalue weighted by atomic mass is 9.85. The number of carboxylic acids is 1. The lowest BCUT2D eigenvalue weighted by Gasteiger charge is -2.24. The van der Waals surface area contributed by atoms with Crippen molar-refractivity contribution in [1.29, 1.82) is 0 Å². The minimum Gasteiger partial charge on any atom is -0.477 e. The summed E-state index contributed by atoms with van der Waals surface area (Å²) in [5.74, 6) is -0.989. The Morgan fingerprint density at radius 1 is 1.27 bits per heavy atom. The zero-order valence-corrected chi connectivity index (χ0v) is 15.7. The molecule has 0 fully saturated rings. The second-order valence-corrected chi connectivity index (χ2v) is 7.43. The Kier molecular flexibility index (Phi) is 5.03. The number of fused-ring (bicyclic) bond motifs is 1. The lowest BCUT2D eigenvalue weighted by Crippen LogP contribution is -2.23. The van der Waals surface area contributed by atoms with Gasteiger partial charge in [-0.15, -0.1) is 0 Å². The number of carboxylic acid groups (broad SMARTS) is 1. The van der Waals surface area contributed by atoms with Gasteiger partial charge in [0.1, 0.15) is 5.69 Å². The maximum atomic E-state index is 11.6. The summed E-state index contributed by atoms with van der Waals surface area (Å²) in [5.41, 5.74) is 3.60. The fraction of sp³-hybridized carbons (Fsp3) is 0.300. The van der Waals surface area contributed by atoms with Crippen LogP contribution in [0.5, 0.6) is 0 Å². The molecule has 136 valence electrons. The van der Waals surface area contributed by atoms with Crippen LogP contribution in [-0.2, 0) is 16.7 Å². The Hall–Kier alpha value is -2.37. The van der Waals surface area contributed by atoms with Gasteiger partial charge in [0.05, 0.1) is 22.7 Å². The molecule has 0 amide bonds. The fourth-order valence-electron chi connectivity index (χ4n) is 3.14. The second kappa shape index (κ2) is 7.09. The molecular weight excluding hydrogens is 352 g/mol. The molecule has 0 saturated carbocycles. The van der Waals surface area contributed by atoms with Gasteiger partial charge >= 0.3 is 5.97 Å². The van der Waals surface area contributed by atoms with Crippen LogP contribution in [-0.4, -0.2) is 34.3 Å². The zero-order chi connectivity index (χ0) is 18.9. The quantitative estimate of drug-likeness (QED) is 0.698. The first-order valence-corrected chi connectivity index (χ1v) is 8.66. The molecule has 0 aliphatic carbocycles. The van der Waals surface area contributed by atoms with E-state index in [1.807, 2.05) is 12.1 Å². The molecule has 0 radical (unpaired) electrons. The summed E-state index contributed by atoms with van der Waals surface area (Å²) < 4.78 is 7.02. The van der Waals surface area contributed by atoms with Crippen LogP contribution in [0.1, 0.15) is 35.5 Å². The lowest BCUT2D eigenvalue weighted by molar-refractivity contribution is 0.0686. The molecule has 2 heterocycles. The SMILES string of the molecule is COCC(C)(C)c1ccc(Cn2c(C(=O)O)cc3ncc(Cl)cc32)cc1. The maximum Gasteiger partial charge on any atom is 0.352 e. The van der Waals surface area contributed by atoms with Crippen molar-refractivity contribution in [2.75, 3.05) is 13.7 Å². The van der Waals surface area contributed by atoms with Crippen LogP contribution in [0.3, 0.4) is 0 Å². The third kappa shape index (κ3) is 3.59. The highest BCUT2D eigenvalue weighted by atomic mass is 35.5. The molecule has 1 N–H and O–H groups in total. The largest absolute Gasteiger partial charge is 0.477 e. The van der Waals surface area contributed by atoms with E-state index >= 15 is 0 Å². The van der Waals surface area contributed by atoms with Gasteiger partial charge in [0, 0.05) is 25.3 Å². The van der Waals surface area contributed by atoms with Crippen molar-refractivity contribution < 1.29 is 14.6 Å². The van der Waals surface area contributed by atoms with E-state index in [1.165, 1.54) is 11.8 Å². The summed E-state index contributed by atoms with van der Waals surface area (Å²) in [6.07, 6.45) is 1.52. The van der Waals surface area contributed by atoms with E-state index in [0.717, 1.165) is 5.56 Å². The van der Waals surface area contributed by atoms with E-state index < -0.39 is 5.97 Å². The highest BCUT2D eigenvalue weighted by Crippen LogP contribution is 2.26. The first kappa shape index (κ1) is 18.4. The summed E-state index contributed by atoms with van der Waals surface area (Å²) in [6, 6.07) is 11.5. The Bertz CT molecular complexity index is 946. The molecule has 2 aromatic heterocycles. The number of pyridine rings is 1. The monoisotopic (exact) mass is 372 g/mol. The predicted octanol–water partition coefficient (Wildman–Crippen LogP) is 4.36. The molecule has 5 nitrogen and oxygen atoms in total. The third-order valence-corrected chi connectivity index (χ3v) is 4.73. The van der Waals surface area contributed by atoms with Gasteiger partial charge in [0.2, 0.25) is 0 Å². The number of halogens is 1. The van der Waals surface area contributed by atoms with Gasteiger partial charge in [-0.05, 0) is 23.3 Å². The summed E-state index contributed by atoms with van der Waals surface area (Å²) in [7, 11) is 1.69. The molecular formula is C20H21ClN2O3. The summed E-state index contributed by atoms with van der Waals surface area (Å²) >= 11 is 6.05. The van der Waals surface area contributed by atoms with E-state index in [0.29, 0.717) is 29.2 Å². The Morgan fingerprint density at radius 3 is 2.58 bits per heavy atom. The van der Waals surface area contributed by atoms with Crippen molar-refractivity contribution in [1.82, 2.24) is 9.55 Å². The molecule has 0 bridgehead atoms. The summed E-state index contributed by atoms with van der Waals surface area (Å²) in [5, 5.41) is 10.0. The van der Waals surface area contributed by atoms with E-state index in [1.54, 1.807) is 23.8 Å². The number of hydrogen-bond acceptors (Lipinski definition) is 3. The first-order chi connectivity index (χ1) is 12.3. The van der Waals surface area contributed by atoms with Crippen LogP contribution < -0.4 is 0 Å². The standard InChI is InChI=1S/C20H21ClN2O3/c1-20(2,12-26-3)14-6-4-13(5-7-14)11-23-17-8-15(21)10-22-16(17)9-18(23)19(24)25/h4-10H,11-12H2,1-3H3,(H,24,25). The Labute approximate surface area is 157 Å². The highest BCUT2D eigenvalue weighted by Gasteiger charge is 2.21. The number of aromatic carboxylic acids is 1. The van der Waals surface area contributed by atoms with Crippen LogP contribution in [0.25, 0.3) is 11.0 Å². The minimum atomic E-state index is -0.989. The number of ether oxygens (including phenoxy) is 1. The van der Waals surface area contributed by atoms with Gasteiger partial charge in [0.25, 0.3) is 0 Å². The minimum absolute atomic E-state index is 0.0862. The van der Waals surface area contributed by atoms with Gasteiger partial charge in [-0.2, -0.15) is 0 Å². The van der Waals surface area contributed by atoms with E-state index in [2.05, 4.69) is 31.0 Å². The number of nitrogens with zero attached hydrogens (tertiary/aromatic N) is 2. The molecule has 0 aliphatic rings. The normalized spacial score (nSPS) is 11.8. The molecule has 0 aliphatic heterocycles. The van der Waals surface area contributed by atoms with Crippen molar-refractivity contribution >= 4 is 28.6 Å². The van der Waals surface area contributed by atoms with Gasteiger partial charge in [-0.25, -0.2) is 4.79 Å². The highest BCUT2D eigenvalue weighted by molar-refractivity contribution is 6.31. The fourth-order valence-corrected chi connectivity index (χ4v) is 3.29. The van der Waals surface area contributed by atoms with Gasteiger partial charge < -0.3 is 14.4 Å². The molecule has 3 rings (SSSR count). The topological polar surface area (TPSA) is 64.3 Å². The average Bonchev–Trinajstić information content (AvgIpc) is 2.93. The molecule has 3 aromatic rings. The smallest absolute Gasteiger partial charge is 0.352 e. The summed E-state index contributed by atoms with van der Waals surface area (Å²) in [4.78, 5) is 15.9. The number of benzene rings is 1. The molecule has 6 heteroatoms. The molecule has 0 spiro atoms. The van der Waals surface area contributed by atoms with Crippen molar-refractivity contribution in [3.8, 4) is 0 Å². The molecule has 1 aromatic carbocycles. The molecule has 0 saturated heterocycles. The third-order valence-electron chi connectivity index (χ3n) is 4.52. The number of methoxy groups -OCH3 is 1. The van der Waals surface area contributed by atoms with Crippen molar-refractivity contribution in [3.05, 3.63) is 64.4 Å². The van der Waals surface area contributed by atoms with Crippen LogP contribution in [0, 0.1) is 0 Å². The Morgan fingerprint density at radius 2 is 1.96 bits per heavy atom. The first-order valence-electron chi connectivity index (χ1n) is 8.28. The van der Waals surface area contributed by atoms with Crippen molar-refractivity contribution in [3.63, 3.8) is 0 Å². The van der Waals surface area contributed by atoms with Crippen molar-refractivity contribution in [2.45, 2.75) is 25.8 Å². The molecule has 0 atom stereocenters. The van der Waals surface area contributed by atoms with Gasteiger partial charge in [-0.3, -0.25) is 4.98 Å². The van der Waals surface area contributed by atoms with Crippen LogP contribution in [0.15, 0.2) is 42.6 Å². The van der Waals surface area contributed by atoms with Gasteiger partial charge in [-0.1, -0.05) is 49.7 Å².